The number of carbonyl (C=O) groups is 5. The lowest BCUT2D eigenvalue weighted by atomic mass is 10.1. The van der Waals surface area contributed by atoms with Crippen LogP contribution in [0.3, 0.4) is 0 Å². The Morgan fingerprint density at radius 2 is 1.44 bits per heavy atom. The molecule has 2 aromatic carbocycles. The summed E-state index contributed by atoms with van der Waals surface area (Å²) in [6.07, 6.45) is -0.709. The second-order valence-electron chi connectivity index (χ2n) is 10.3. The molecule has 1 aliphatic rings. The van der Waals surface area contributed by atoms with E-state index >= 15 is 0 Å². The molecule has 0 atom stereocenters. The number of anilines is 2. The number of carbonyl (C=O) groups excluding carboxylic acids is 5. The van der Waals surface area contributed by atoms with Gasteiger partial charge in [-0.3, -0.25) is 24.1 Å². The first-order valence-electron chi connectivity index (χ1n) is 11.4. The van der Waals surface area contributed by atoms with E-state index in [0.717, 1.165) is 0 Å². The Labute approximate surface area is 209 Å². The summed E-state index contributed by atoms with van der Waals surface area (Å²) in [6, 6.07) is 10.8. The van der Waals surface area contributed by atoms with Crippen LogP contribution in [0, 0.1) is 0 Å². The Bertz CT molecular complexity index is 1240. The predicted molar refractivity (Wildman–Crippen MR) is 134 cm³/mol. The molecule has 0 spiro atoms. The number of fused-ring (bicyclic) bond motifs is 1. The number of ether oxygens (including phenoxy) is 1. The number of benzene rings is 2. The maximum absolute atomic E-state index is 12.8. The lowest BCUT2D eigenvalue weighted by Gasteiger charge is -2.29. The molecule has 3 rings (SSSR count). The van der Waals surface area contributed by atoms with Gasteiger partial charge >= 0.3 is 6.09 Å². The molecule has 36 heavy (non-hydrogen) atoms. The van der Waals surface area contributed by atoms with Gasteiger partial charge in [-0.1, -0.05) is 6.07 Å². The maximum Gasteiger partial charge on any atom is 0.408 e. The zero-order valence-electron chi connectivity index (χ0n) is 21.1. The molecule has 10 nitrogen and oxygen atoms in total. The first-order valence-corrected chi connectivity index (χ1v) is 11.4. The molecule has 1 aliphatic heterocycles. The van der Waals surface area contributed by atoms with Crippen molar-refractivity contribution in [2.75, 3.05) is 17.2 Å². The Kier molecular flexibility index (Phi) is 7.19. The molecular formula is C26H30N4O6. The van der Waals surface area contributed by atoms with Crippen molar-refractivity contribution in [2.45, 2.75) is 52.7 Å². The third kappa shape index (κ3) is 6.26. The average molecular weight is 495 g/mol. The lowest BCUT2D eigenvalue weighted by Crippen LogP contribution is -2.45. The van der Waals surface area contributed by atoms with E-state index in [4.69, 9.17) is 4.74 Å². The number of rotatable bonds is 5. The van der Waals surface area contributed by atoms with Crippen molar-refractivity contribution >= 4 is 41.1 Å². The fourth-order valence-electron chi connectivity index (χ4n) is 3.54. The predicted octanol–water partition coefficient (Wildman–Crippen LogP) is 3.80. The van der Waals surface area contributed by atoms with Crippen molar-refractivity contribution in [1.29, 1.82) is 0 Å². The van der Waals surface area contributed by atoms with E-state index in [1.807, 2.05) is 0 Å². The Hall–Kier alpha value is -4.21. The van der Waals surface area contributed by atoms with E-state index in [1.54, 1.807) is 65.8 Å². The highest BCUT2D eigenvalue weighted by Gasteiger charge is 2.42. The summed E-state index contributed by atoms with van der Waals surface area (Å²) in [5, 5.41) is 7.71. The van der Waals surface area contributed by atoms with Crippen LogP contribution >= 0.6 is 0 Å². The van der Waals surface area contributed by atoms with Crippen LogP contribution in [0.25, 0.3) is 0 Å². The largest absolute Gasteiger partial charge is 0.444 e. The quantitative estimate of drug-likeness (QED) is 0.542. The van der Waals surface area contributed by atoms with Gasteiger partial charge in [-0.25, -0.2) is 4.79 Å². The van der Waals surface area contributed by atoms with Gasteiger partial charge in [-0.2, -0.15) is 0 Å². The first-order chi connectivity index (χ1) is 16.7. The summed E-state index contributed by atoms with van der Waals surface area (Å²) in [5.74, 6) is -1.79. The summed E-state index contributed by atoms with van der Waals surface area (Å²) in [5.41, 5.74) is 0.0826. The van der Waals surface area contributed by atoms with Crippen LogP contribution in [-0.2, 0) is 9.53 Å². The molecule has 0 aromatic heterocycles. The van der Waals surface area contributed by atoms with Gasteiger partial charge in [0.2, 0.25) is 5.91 Å². The zero-order valence-corrected chi connectivity index (χ0v) is 21.1. The number of alkyl carbamates (subject to hydrolysis) is 1. The van der Waals surface area contributed by atoms with Gasteiger partial charge in [0.1, 0.15) is 12.1 Å². The standard InChI is InChI=1S/C26H30N4O6/c1-25(2,3)30-22(33)18-11-10-15(12-19(18)23(30)34)21(32)29-17-9-7-8-16(13-17)28-20(31)14-27-24(35)36-26(4,5)6/h7-13H,14H2,1-6H3,(H,27,35)(H,28,31)(H,29,32). The van der Waals surface area contributed by atoms with Crippen molar-refractivity contribution in [2.24, 2.45) is 0 Å². The molecule has 0 saturated carbocycles. The van der Waals surface area contributed by atoms with Crippen molar-refractivity contribution in [1.82, 2.24) is 10.2 Å². The lowest BCUT2D eigenvalue weighted by molar-refractivity contribution is -0.115. The first kappa shape index (κ1) is 26.4. The second-order valence-corrected chi connectivity index (χ2v) is 10.3. The number of nitrogens with zero attached hydrogens (tertiary/aromatic N) is 1. The van der Waals surface area contributed by atoms with Gasteiger partial charge in [-0.05, 0) is 77.9 Å². The number of nitrogens with one attached hydrogen (secondary N) is 3. The molecule has 2 aromatic rings. The SMILES string of the molecule is CC(C)(C)OC(=O)NCC(=O)Nc1cccc(NC(=O)c2ccc3c(c2)C(=O)N(C(C)(C)C)C3=O)c1. The Balaban J connectivity index is 1.64. The van der Waals surface area contributed by atoms with E-state index in [-0.39, 0.29) is 29.1 Å². The number of imide groups is 1. The minimum Gasteiger partial charge on any atom is -0.444 e. The summed E-state index contributed by atoms with van der Waals surface area (Å²) in [6.45, 7) is 10.2. The molecule has 0 bridgehead atoms. The van der Waals surface area contributed by atoms with Gasteiger partial charge in [-0.15, -0.1) is 0 Å². The monoisotopic (exact) mass is 494 g/mol. The van der Waals surface area contributed by atoms with E-state index in [9.17, 15) is 24.0 Å². The van der Waals surface area contributed by atoms with Crippen molar-refractivity contribution in [3.63, 3.8) is 0 Å². The molecule has 0 saturated heterocycles. The molecule has 0 aliphatic carbocycles. The zero-order chi connectivity index (χ0) is 26.8. The highest BCUT2D eigenvalue weighted by atomic mass is 16.6. The number of hydrogen-bond donors (Lipinski definition) is 3. The van der Waals surface area contributed by atoms with Crippen LogP contribution in [0.5, 0.6) is 0 Å². The third-order valence-electron chi connectivity index (χ3n) is 5.02. The van der Waals surface area contributed by atoms with Crippen LogP contribution in [-0.4, -0.2) is 52.3 Å². The van der Waals surface area contributed by atoms with Gasteiger partial charge < -0.3 is 20.7 Å². The van der Waals surface area contributed by atoms with Crippen LogP contribution < -0.4 is 16.0 Å². The molecular weight excluding hydrogens is 464 g/mol. The Morgan fingerprint density at radius 1 is 0.833 bits per heavy atom. The maximum atomic E-state index is 12.8. The molecule has 0 fully saturated rings. The van der Waals surface area contributed by atoms with Crippen LogP contribution in [0.4, 0.5) is 16.2 Å². The summed E-state index contributed by atoms with van der Waals surface area (Å²) < 4.78 is 5.09. The smallest absolute Gasteiger partial charge is 0.408 e. The second kappa shape index (κ2) is 9.80. The van der Waals surface area contributed by atoms with E-state index in [0.29, 0.717) is 11.4 Å². The number of hydrogen-bond acceptors (Lipinski definition) is 6. The summed E-state index contributed by atoms with van der Waals surface area (Å²) in [4.78, 5) is 63.3. The van der Waals surface area contributed by atoms with Crippen molar-refractivity contribution in [3.05, 3.63) is 59.2 Å². The Morgan fingerprint density at radius 3 is 2.06 bits per heavy atom. The topological polar surface area (TPSA) is 134 Å². The van der Waals surface area contributed by atoms with E-state index in [1.165, 1.54) is 23.1 Å². The molecule has 3 N–H and O–H groups in total. The number of amides is 5. The third-order valence-corrected chi connectivity index (χ3v) is 5.02. The summed E-state index contributed by atoms with van der Waals surface area (Å²) in [7, 11) is 0. The molecule has 190 valence electrons. The minimum atomic E-state index is -0.709. The van der Waals surface area contributed by atoms with Gasteiger partial charge in [0.25, 0.3) is 17.7 Å². The molecule has 5 amide bonds. The highest BCUT2D eigenvalue weighted by Crippen LogP contribution is 2.30. The van der Waals surface area contributed by atoms with E-state index < -0.39 is 35.0 Å². The molecule has 0 radical (unpaired) electrons. The molecule has 1 heterocycles. The van der Waals surface area contributed by atoms with Crippen molar-refractivity contribution < 1.29 is 28.7 Å². The van der Waals surface area contributed by atoms with Crippen LogP contribution in [0.2, 0.25) is 0 Å². The van der Waals surface area contributed by atoms with Gasteiger partial charge in [0.15, 0.2) is 0 Å². The normalized spacial score (nSPS) is 13.2. The van der Waals surface area contributed by atoms with Crippen LogP contribution in [0.15, 0.2) is 42.5 Å². The van der Waals surface area contributed by atoms with Gasteiger partial charge in [0, 0.05) is 22.5 Å². The fourth-order valence-corrected chi connectivity index (χ4v) is 3.54. The molecule has 0 unspecified atom stereocenters. The minimum absolute atomic E-state index is 0.182. The van der Waals surface area contributed by atoms with Gasteiger partial charge in [0.05, 0.1) is 11.1 Å². The summed E-state index contributed by atoms with van der Waals surface area (Å²) >= 11 is 0. The van der Waals surface area contributed by atoms with Crippen LogP contribution in [0.1, 0.15) is 72.6 Å². The highest BCUT2D eigenvalue weighted by molar-refractivity contribution is 6.22. The van der Waals surface area contributed by atoms with E-state index in [2.05, 4.69) is 16.0 Å². The fraction of sp³-hybridized carbons (Fsp3) is 0.346. The van der Waals surface area contributed by atoms with Crippen molar-refractivity contribution in [3.8, 4) is 0 Å². The average Bonchev–Trinajstić information content (AvgIpc) is 3.01. The molecule has 10 heteroatoms.